The van der Waals surface area contributed by atoms with Crippen molar-refractivity contribution in [2.75, 3.05) is 0 Å². The summed E-state index contributed by atoms with van der Waals surface area (Å²) in [6, 6.07) is 6.29. The third-order valence-electron chi connectivity index (χ3n) is 1.78. The fourth-order valence-corrected chi connectivity index (χ4v) is 1.25. The summed E-state index contributed by atoms with van der Waals surface area (Å²) in [7, 11) is 1.94. The van der Waals surface area contributed by atoms with Crippen molar-refractivity contribution in [1.82, 2.24) is 9.78 Å². The Morgan fingerprint density at radius 3 is 2.57 bits per heavy atom. The second-order valence-electron chi connectivity index (χ2n) is 3.57. The first-order valence-electron chi connectivity index (χ1n) is 5.07. The lowest BCUT2D eigenvalue weighted by Crippen LogP contribution is -1.84. The van der Waals surface area contributed by atoms with Gasteiger partial charge >= 0.3 is 0 Å². The minimum absolute atomic E-state index is 1.08. The molecule has 2 heteroatoms. The Bertz CT molecular complexity index is 402. The quantitative estimate of drug-likeness (QED) is 0.623. The minimum Gasteiger partial charge on any atom is -0.275 e. The van der Waals surface area contributed by atoms with Gasteiger partial charge in [0.05, 0.1) is 5.52 Å². The summed E-state index contributed by atoms with van der Waals surface area (Å²) in [6.45, 7) is 6.33. The number of benzene rings is 1. The lowest BCUT2D eigenvalue weighted by Gasteiger charge is -1.88. The Labute approximate surface area is 85.6 Å². The summed E-state index contributed by atoms with van der Waals surface area (Å²) in [4.78, 5) is 0. The van der Waals surface area contributed by atoms with Gasteiger partial charge in [0.2, 0.25) is 0 Å². The van der Waals surface area contributed by atoms with Crippen molar-refractivity contribution in [2.24, 2.45) is 7.05 Å². The van der Waals surface area contributed by atoms with Crippen LogP contribution < -0.4 is 0 Å². The number of hydrogen-bond acceptors (Lipinski definition) is 1. The average Bonchev–Trinajstić information content (AvgIpc) is 2.45. The van der Waals surface area contributed by atoms with E-state index in [2.05, 4.69) is 44.1 Å². The zero-order valence-corrected chi connectivity index (χ0v) is 9.41. The molecular weight excluding hydrogens is 172 g/mol. The van der Waals surface area contributed by atoms with Crippen LogP contribution in [0.4, 0.5) is 0 Å². The van der Waals surface area contributed by atoms with E-state index in [1.54, 1.807) is 0 Å². The molecule has 0 aliphatic carbocycles. The number of rotatable bonds is 0. The van der Waals surface area contributed by atoms with Crippen LogP contribution >= 0.6 is 0 Å². The average molecular weight is 190 g/mol. The van der Waals surface area contributed by atoms with Gasteiger partial charge in [0.25, 0.3) is 0 Å². The molecule has 0 radical (unpaired) electrons. The van der Waals surface area contributed by atoms with Crippen LogP contribution in [0.15, 0.2) is 24.4 Å². The van der Waals surface area contributed by atoms with E-state index in [0.29, 0.717) is 0 Å². The molecule has 2 aromatic rings. The van der Waals surface area contributed by atoms with Crippen LogP contribution in [0.1, 0.15) is 25.8 Å². The summed E-state index contributed by atoms with van der Waals surface area (Å²) in [5, 5.41) is 5.50. The molecule has 0 aliphatic heterocycles. The van der Waals surface area contributed by atoms with Gasteiger partial charge in [0.1, 0.15) is 0 Å². The number of fused-ring (bicyclic) bond motifs is 1. The number of aryl methyl sites for hydroxylation is 2. The van der Waals surface area contributed by atoms with Crippen LogP contribution in [0.5, 0.6) is 0 Å². The maximum Gasteiger partial charge on any atom is 0.0925 e. The molecule has 0 unspecified atom stereocenters. The normalized spacial score (nSPS) is 9.71. The molecule has 0 amide bonds. The molecule has 14 heavy (non-hydrogen) atoms. The molecule has 0 saturated carbocycles. The van der Waals surface area contributed by atoms with E-state index in [1.165, 1.54) is 17.4 Å². The van der Waals surface area contributed by atoms with Gasteiger partial charge in [-0.05, 0) is 18.6 Å². The Hall–Kier alpha value is -1.31. The SMILES string of the molecule is CCC.Cc1ccc2cn(C)nc2c1. The highest BCUT2D eigenvalue weighted by atomic mass is 15.2. The van der Waals surface area contributed by atoms with Crippen molar-refractivity contribution in [2.45, 2.75) is 27.2 Å². The first kappa shape index (κ1) is 10.8. The molecule has 0 aliphatic rings. The Morgan fingerprint density at radius 2 is 1.93 bits per heavy atom. The van der Waals surface area contributed by atoms with Crippen molar-refractivity contribution in [3.8, 4) is 0 Å². The Morgan fingerprint density at radius 1 is 1.29 bits per heavy atom. The predicted molar refractivity (Wildman–Crippen MR) is 61.4 cm³/mol. The highest BCUT2D eigenvalue weighted by Crippen LogP contribution is 2.12. The molecule has 2 rings (SSSR count). The Kier molecular flexibility index (Phi) is 3.69. The number of aromatic nitrogens is 2. The largest absolute Gasteiger partial charge is 0.275 e. The van der Waals surface area contributed by atoms with E-state index in [-0.39, 0.29) is 0 Å². The first-order valence-corrected chi connectivity index (χ1v) is 5.07. The van der Waals surface area contributed by atoms with Gasteiger partial charge in [-0.1, -0.05) is 32.4 Å². The van der Waals surface area contributed by atoms with E-state index in [9.17, 15) is 0 Å². The second-order valence-corrected chi connectivity index (χ2v) is 3.57. The van der Waals surface area contributed by atoms with E-state index in [0.717, 1.165) is 5.52 Å². The van der Waals surface area contributed by atoms with Crippen LogP contribution in [0, 0.1) is 6.92 Å². The zero-order valence-electron chi connectivity index (χ0n) is 9.41. The third kappa shape index (κ3) is 2.59. The van der Waals surface area contributed by atoms with Gasteiger partial charge in [-0.3, -0.25) is 4.68 Å². The standard InChI is InChI=1S/C9H10N2.C3H8/c1-7-3-4-8-6-11(2)10-9(8)5-7;1-3-2/h3-6H,1-2H3;3H2,1-2H3. The molecule has 0 spiro atoms. The summed E-state index contributed by atoms with van der Waals surface area (Å²) >= 11 is 0. The zero-order chi connectivity index (χ0) is 10.6. The summed E-state index contributed by atoms with van der Waals surface area (Å²) in [5.41, 5.74) is 2.34. The maximum atomic E-state index is 4.29. The summed E-state index contributed by atoms with van der Waals surface area (Å²) in [6.07, 6.45) is 3.27. The smallest absolute Gasteiger partial charge is 0.0925 e. The molecule has 1 aromatic heterocycles. The van der Waals surface area contributed by atoms with Crippen molar-refractivity contribution in [1.29, 1.82) is 0 Å². The molecule has 2 nitrogen and oxygen atoms in total. The van der Waals surface area contributed by atoms with Crippen molar-refractivity contribution in [3.05, 3.63) is 30.0 Å². The van der Waals surface area contributed by atoms with Gasteiger partial charge in [-0.2, -0.15) is 5.10 Å². The van der Waals surface area contributed by atoms with Gasteiger partial charge in [0.15, 0.2) is 0 Å². The van der Waals surface area contributed by atoms with Crippen LogP contribution in [0.25, 0.3) is 10.9 Å². The Balaban J connectivity index is 0.000000293. The highest BCUT2D eigenvalue weighted by Gasteiger charge is 1.95. The lowest BCUT2D eigenvalue weighted by atomic mass is 10.2. The second kappa shape index (κ2) is 4.80. The molecule has 0 N–H and O–H groups in total. The molecule has 1 aromatic carbocycles. The molecule has 0 atom stereocenters. The highest BCUT2D eigenvalue weighted by molar-refractivity contribution is 5.78. The van der Waals surface area contributed by atoms with E-state index >= 15 is 0 Å². The van der Waals surface area contributed by atoms with Gasteiger partial charge in [-0.25, -0.2) is 0 Å². The fourth-order valence-electron chi connectivity index (χ4n) is 1.25. The molecule has 0 bridgehead atoms. The van der Waals surface area contributed by atoms with E-state index < -0.39 is 0 Å². The molecule has 0 fully saturated rings. The van der Waals surface area contributed by atoms with Crippen LogP contribution in [-0.2, 0) is 7.05 Å². The van der Waals surface area contributed by atoms with Crippen molar-refractivity contribution in [3.63, 3.8) is 0 Å². The molecule has 1 heterocycles. The number of nitrogens with zero attached hydrogens (tertiary/aromatic N) is 2. The molecule has 0 saturated heterocycles. The third-order valence-corrected chi connectivity index (χ3v) is 1.78. The number of hydrogen-bond donors (Lipinski definition) is 0. The summed E-state index contributed by atoms with van der Waals surface area (Å²) < 4.78 is 1.84. The van der Waals surface area contributed by atoms with Gasteiger partial charge in [-0.15, -0.1) is 0 Å². The van der Waals surface area contributed by atoms with Gasteiger partial charge < -0.3 is 0 Å². The predicted octanol–water partition coefficient (Wildman–Crippen LogP) is 3.30. The fraction of sp³-hybridized carbons (Fsp3) is 0.417. The molecular formula is C12H18N2. The van der Waals surface area contributed by atoms with Crippen LogP contribution in [0.2, 0.25) is 0 Å². The topological polar surface area (TPSA) is 17.8 Å². The minimum atomic E-state index is 1.08. The monoisotopic (exact) mass is 190 g/mol. The molecule has 76 valence electrons. The van der Waals surface area contributed by atoms with Crippen LogP contribution in [-0.4, -0.2) is 9.78 Å². The lowest BCUT2D eigenvalue weighted by molar-refractivity contribution is 0.779. The van der Waals surface area contributed by atoms with Crippen molar-refractivity contribution < 1.29 is 0 Å². The van der Waals surface area contributed by atoms with E-state index in [1.807, 2.05) is 17.9 Å². The summed E-state index contributed by atoms with van der Waals surface area (Å²) in [5.74, 6) is 0. The van der Waals surface area contributed by atoms with Gasteiger partial charge in [0, 0.05) is 18.6 Å². The maximum absolute atomic E-state index is 4.29. The first-order chi connectivity index (χ1) is 6.67. The van der Waals surface area contributed by atoms with E-state index in [4.69, 9.17) is 0 Å². The van der Waals surface area contributed by atoms with Crippen LogP contribution in [0.3, 0.4) is 0 Å². The van der Waals surface area contributed by atoms with Crippen molar-refractivity contribution >= 4 is 10.9 Å².